The first-order valence-corrected chi connectivity index (χ1v) is 14.0. The Morgan fingerprint density at radius 2 is 1.05 bits per heavy atom. The van der Waals surface area contributed by atoms with E-state index in [4.69, 9.17) is 11.6 Å². The first-order chi connectivity index (χ1) is 17.2. The summed E-state index contributed by atoms with van der Waals surface area (Å²) < 4.78 is 0. The number of Topliss-reactive ketones (excluding diaryl/α,β-unsaturated/α-hetero) is 1. The summed E-state index contributed by atoms with van der Waals surface area (Å²) in [5.74, 6) is 0.147. The molecular formula is C37H55ClO. The van der Waals surface area contributed by atoms with Crippen LogP contribution in [0.2, 0.25) is 5.02 Å². The lowest BCUT2D eigenvalue weighted by atomic mass is 9.84. The number of carbonyl (C=O) groups excluding carboxylic acids is 1. The number of halogens is 1. The minimum Gasteiger partial charge on any atom is -0.295 e. The molecule has 0 aliphatic carbocycles. The lowest BCUT2D eigenvalue weighted by Crippen LogP contribution is -2.13. The lowest BCUT2D eigenvalue weighted by Gasteiger charge is -2.22. The normalized spacial score (nSPS) is 11.4. The van der Waals surface area contributed by atoms with E-state index in [1.807, 2.05) is 31.2 Å². The van der Waals surface area contributed by atoms with E-state index in [-0.39, 0.29) is 29.5 Å². The van der Waals surface area contributed by atoms with E-state index in [0.29, 0.717) is 0 Å². The zero-order valence-corrected chi connectivity index (χ0v) is 27.2. The van der Waals surface area contributed by atoms with Gasteiger partial charge in [0.15, 0.2) is 5.78 Å². The highest BCUT2D eigenvalue weighted by Crippen LogP contribution is 2.32. The molecule has 0 bridgehead atoms. The van der Waals surface area contributed by atoms with Crippen molar-refractivity contribution in [3.8, 4) is 0 Å². The molecule has 3 rings (SSSR count). The van der Waals surface area contributed by atoms with E-state index in [0.717, 1.165) is 16.1 Å². The third-order valence-electron chi connectivity index (χ3n) is 6.83. The highest BCUT2D eigenvalue weighted by atomic mass is 35.5. The minimum absolute atomic E-state index is 0. The van der Waals surface area contributed by atoms with Gasteiger partial charge in [0.2, 0.25) is 0 Å². The van der Waals surface area contributed by atoms with Crippen molar-refractivity contribution in [2.45, 2.75) is 121 Å². The van der Waals surface area contributed by atoms with E-state index in [9.17, 15) is 4.79 Å². The second-order valence-electron chi connectivity index (χ2n) is 13.6. The Balaban J connectivity index is 0.000000551. The van der Waals surface area contributed by atoms with E-state index in [2.05, 4.69) is 113 Å². The standard InChI is InChI=1S/C13H18O.C12H18.C11H15Cl.CH4/c1-9-6-7-11(13(3,4)5)8-12(9)10(2)14;1-9-6-7-11(8-10(9)2)12(3,4)5;1-8-6-5-7-9(12)10(8)11(2,3)4;/h6-8H,1-5H3;6-8H,1-5H3;5-7H,1-4H3;1H4. The van der Waals surface area contributed by atoms with Gasteiger partial charge in [0.25, 0.3) is 0 Å². The predicted molar refractivity (Wildman–Crippen MR) is 176 cm³/mol. The Morgan fingerprint density at radius 3 is 1.41 bits per heavy atom. The summed E-state index contributed by atoms with van der Waals surface area (Å²) >= 11 is 6.11. The molecule has 2 heteroatoms. The Kier molecular flexibility index (Phi) is 13.4. The predicted octanol–water partition coefficient (Wildman–Crippen LogP) is 11.7. The molecule has 0 aliphatic rings. The lowest BCUT2D eigenvalue weighted by molar-refractivity contribution is 0.101. The molecule has 0 N–H and O–H groups in total. The van der Waals surface area contributed by atoms with Crippen LogP contribution in [0.3, 0.4) is 0 Å². The number of ketones is 1. The van der Waals surface area contributed by atoms with Gasteiger partial charge in [-0.3, -0.25) is 4.79 Å². The van der Waals surface area contributed by atoms with E-state index >= 15 is 0 Å². The van der Waals surface area contributed by atoms with E-state index < -0.39 is 0 Å². The quantitative estimate of drug-likeness (QED) is 0.275. The molecular weight excluding hydrogens is 496 g/mol. The minimum atomic E-state index is 0. The van der Waals surface area contributed by atoms with Gasteiger partial charge in [0, 0.05) is 10.6 Å². The van der Waals surface area contributed by atoms with Crippen molar-refractivity contribution >= 4 is 17.4 Å². The topological polar surface area (TPSA) is 17.1 Å². The SMILES string of the molecule is C.CC(=O)c1cc(C(C)(C)C)ccc1C.Cc1ccc(C(C)(C)C)cc1C.Cc1cccc(Cl)c1C(C)(C)C. The Labute approximate surface area is 246 Å². The monoisotopic (exact) mass is 550 g/mol. The summed E-state index contributed by atoms with van der Waals surface area (Å²) in [5, 5.41) is 0.877. The molecule has 0 radical (unpaired) electrons. The number of hydrogen-bond acceptors (Lipinski definition) is 1. The maximum Gasteiger partial charge on any atom is 0.160 e. The van der Waals surface area contributed by atoms with Crippen LogP contribution in [0.15, 0.2) is 54.6 Å². The van der Waals surface area contributed by atoms with Crippen molar-refractivity contribution in [2.24, 2.45) is 0 Å². The van der Waals surface area contributed by atoms with Gasteiger partial charge in [-0.1, -0.05) is 124 Å². The van der Waals surface area contributed by atoms with Crippen molar-refractivity contribution in [1.82, 2.24) is 0 Å². The van der Waals surface area contributed by atoms with Crippen LogP contribution in [0, 0.1) is 27.7 Å². The Morgan fingerprint density at radius 1 is 0.590 bits per heavy atom. The molecule has 0 aromatic heterocycles. The molecule has 0 atom stereocenters. The summed E-state index contributed by atoms with van der Waals surface area (Å²) in [6.45, 7) is 29.8. The van der Waals surface area contributed by atoms with Gasteiger partial charge in [0.05, 0.1) is 0 Å². The summed E-state index contributed by atoms with van der Waals surface area (Å²) in [6.07, 6.45) is 0. The number of benzene rings is 3. The third kappa shape index (κ3) is 11.3. The fourth-order valence-corrected chi connectivity index (χ4v) is 4.76. The zero-order chi connectivity index (χ0) is 29.6. The summed E-state index contributed by atoms with van der Waals surface area (Å²) in [6, 6.07) is 18.9. The molecule has 0 aliphatic heterocycles. The van der Waals surface area contributed by atoms with Crippen LogP contribution < -0.4 is 0 Å². The first-order valence-electron chi connectivity index (χ1n) is 13.6. The highest BCUT2D eigenvalue weighted by molar-refractivity contribution is 6.31. The molecule has 1 nitrogen and oxygen atoms in total. The average molecular weight is 551 g/mol. The van der Waals surface area contributed by atoms with Crippen molar-refractivity contribution < 1.29 is 4.79 Å². The molecule has 0 unspecified atom stereocenters. The van der Waals surface area contributed by atoms with Crippen molar-refractivity contribution in [3.63, 3.8) is 0 Å². The molecule has 0 heterocycles. The van der Waals surface area contributed by atoms with Gasteiger partial charge in [0.1, 0.15) is 0 Å². The molecule has 0 amide bonds. The third-order valence-corrected chi connectivity index (χ3v) is 7.14. The largest absolute Gasteiger partial charge is 0.295 e. The molecule has 3 aromatic carbocycles. The first kappa shape index (κ1) is 36.6. The van der Waals surface area contributed by atoms with Crippen LogP contribution >= 0.6 is 11.6 Å². The van der Waals surface area contributed by atoms with Gasteiger partial charge in [-0.2, -0.15) is 0 Å². The fraction of sp³-hybridized carbons (Fsp3) is 0.486. The number of hydrogen-bond donors (Lipinski definition) is 0. The van der Waals surface area contributed by atoms with E-state index in [1.54, 1.807) is 6.92 Å². The molecule has 0 saturated heterocycles. The molecule has 0 saturated carbocycles. The number of carbonyl (C=O) groups is 1. The molecule has 39 heavy (non-hydrogen) atoms. The van der Waals surface area contributed by atoms with Crippen LogP contribution in [0.5, 0.6) is 0 Å². The van der Waals surface area contributed by atoms with Gasteiger partial charge in [-0.15, -0.1) is 0 Å². The maximum absolute atomic E-state index is 11.3. The summed E-state index contributed by atoms with van der Waals surface area (Å²) in [7, 11) is 0. The second kappa shape index (κ2) is 14.3. The number of rotatable bonds is 1. The zero-order valence-electron chi connectivity index (χ0n) is 26.5. The van der Waals surface area contributed by atoms with Crippen molar-refractivity contribution in [2.75, 3.05) is 0 Å². The highest BCUT2D eigenvalue weighted by Gasteiger charge is 2.19. The molecule has 3 aromatic rings. The summed E-state index contributed by atoms with van der Waals surface area (Å²) in [4.78, 5) is 11.3. The average Bonchev–Trinajstić information content (AvgIpc) is 2.74. The second-order valence-corrected chi connectivity index (χ2v) is 14.0. The fourth-order valence-electron chi connectivity index (χ4n) is 4.26. The van der Waals surface area contributed by atoms with Crippen LogP contribution in [-0.2, 0) is 16.2 Å². The van der Waals surface area contributed by atoms with Gasteiger partial charge in [-0.25, -0.2) is 0 Å². The van der Waals surface area contributed by atoms with Crippen LogP contribution in [-0.4, -0.2) is 5.78 Å². The summed E-state index contributed by atoms with van der Waals surface area (Å²) in [5.41, 5.74) is 10.4. The smallest absolute Gasteiger partial charge is 0.160 e. The van der Waals surface area contributed by atoms with Crippen molar-refractivity contribution in [1.29, 1.82) is 0 Å². The van der Waals surface area contributed by atoms with Crippen LogP contribution in [0.1, 0.15) is 126 Å². The molecule has 0 spiro atoms. The molecule has 216 valence electrons. The van der Waals surface area contributed by atoms with E-state index in [1.165, 1.54) is 33.4 Å². The van der Waals surface area contributed by atoms with Gasteiger partial charge >= 0.3 is 0 Å². The number of aryl methyl sites for hydroxylation is 4. The Bertz CT molecular complexity index is 1210. The van der Waals surface area contributed by atoms with Crippen molar-refractivity contribution in [3.05, 3.63) is 104 Å². The Hall–Kier alpha value is -2.38. The van der Waals surface area contributed by atoms with Gasteiger partial charge < -0.3 is 0 Å². The van der Waals surface area contributed by atoms with Gasteiger partial charge in [-0.05, 0) is 102 Å². The van der Waals surface area contributed by atoms with Crippen LogP contribution in [0.4, 0.5) is 0 Å². The maximum atomic E-state index is 11.3. The molecule has 0 fully saturated rings. The van der Waals surface area contributed by atoms with Crippen LogP contribution in [0.25, 0.3) is 0 Å².